The average Bonchev–Trinajstić information content (AvgIpc) is 3.75. The van der Waals surface area contributed by atoms with Crippen LogP contribution in [0.25, 0.3) is 33.3 Å². The Morgan fingerprint density at radius 3 is 2.62 bits per heavy atom. The zero-order valence-electron chi connectivity index (χ0n) is 37.9. The fraction of sp³-hybridized carbons (Fsp3) is 0.469. The number of rotatable bonds is 9. The summed E-state index contributed by atoms with van der Waals surface area (Å²) >= 11 is 0. The van der Waals surface area contributed by atoms with Crippen LogP contribution >= 0.6 is 0 Å². The molecule has 2 aromatic carbocycles. The van der Waals surface area contributed by atoms with E-state index in [9.17, 15) is 24.0 Å². The number of cyclic esters (lactones) is 1. The molecule has 8 rings (SSSR count). The molecule has 336 valence electrons. The molecule has 0 unspecified atom stereocenters. The van der Waals surface area contributed by atoms with Gasteiger partial charge in [0.25, 0.3) is 11.8 Å². The van der Waals surface area contributed by atoms with Crippen LogP contribution in [-0.4, -0.2) is 113 Å². The fourth-order valence-electron chi connectivity index (χ4n) is 10.1. The molecule has 4 aliphatic heterocycles. The van der Waals surface area contributed by atoms with Crippen LogP contribution in [-0.2, 0) is 48.0 Å². The molecule has 4 aliphatic rings. The molecule has 0 spiro atoms. The molecule has 4 aromatic rings. The molecule has 14 nitrogen and oxygen atoms in total. The van der Waals surface area contributed by atoms with Crippen LogP contribution < -0.4 is 10.7 Å². The molecular weight excluding hydrogens is 809 g/mol. The zero-order chi connectivity index (χ0) is 45.4. The van der Waals surface area contributed by atoms with E-state index in [1.807, 2.05) is 32.0 Å². The van der Waals surface area contributed by atoms with Gasteiger partial charge in [0.15, 0.2) is 0 Å². The molecule has 6 bridgehead atoms. The van der Waals surface area contributed by atoms with Crippen LogP contribution in [0.1, 0.15) is 70.4 Å². The van der Waals surface area contributed by atoms with Crippen molar-refractivity contribution in [2.75, 3.05) is 39.9 Å². The first-order valence-corrected chi connectivity index (χ1v) is 22.7. The number of hydrogen-bond donors (Lipinski definition) is 2. The number of likely N-dealkylation sites (tertiary alicyclic amines) is 2. The number of hydrazine groups is 1. The Labute approximate surface area is 375 Å². The van der Waals surface area contributed by atoms with E-state index in [4.69, 9.17) is 14.5 Å². The third-order valence-corrected chi connectivity index (χ3v) is 13.5. The van der Waals surface area contributed by atoms with Gasteiger partial charge in [-0.15, -0.1) is 0 Å². The summed E-state index contributed by atoms with van der Waals surface area (Å²) in [4.78, 5) is 76.6. The topological polar surface area (TPSA) is 155 Å². The van der Waals surface area contributed by atoms with E-state index in [0.29, 0.717) is 51.9 Å². The Hall–Kier alpha value is -5.80. The molecule has 6 heterocycles. The Balaban J connectivity index is 1.18. The summed E-state index contributed by atoms with van der Waals surface area (Å²) in [5, 5.41) is 8.78. The van der Waals surface area contributed by atoms with Gasteiger partial charge in [-0.3, -0.25) is 39.3 Å². The van der Waals surface area contributed by atoms with Gasteiger partial charge in [0, 0.05) is 86.7 Å². The number of aryl methyl sites for hydroxylation is 1. The monoisotopic (exact) mass is 869 g/mol. The molecule has 4 amide bonds. The van der Waals surface area contributed by atoms with Crippen molar-refractivity contribution in [2.45, 2.75) is 91.4 Å². The first-order valence-electron chi connectivity index (χ1n) is 22.7. The minimum absolute atomic E-state index is 0.0309. The van der Waals surface area contributed by atoms with Crippen molar-refractivity contribution in [1.29, 1.82) is 0 Å². The van der Waals surface area contributed by atoms with E-state index in [0.717, 1.165) is 50.1 Å². The Morgan fingerprint density at radius 2 is 1.88 bits per heavy atom. The van der Waals surface area contributed by atoms with Crippen molar-refractivity contribution < 1.29 is 33.4 Å². The summed E-state index contributed by atoms with van der Waals surface area (Å²) in [6, 6.07) is 16.8. The van der Waals surface area contributed by atoms with E-state index < -0.39 is 36.1 Å². The first kappa shape index (κ1) is 44.8. The predicted octanol–water partition coefficient (Wildman–Crippen LogP) is 6.04. The molecule has 2 aromatic heterocycles. The summed E-state index contributed by atoms with van der Waals surface area (Å²) in [5.41, 5.74) is 7.36. The van der Waals surface area contributed by atoms with Crippen LogP contribution in [0.5, 0.6) is 0 Å². The maximum Gasteiger partial charge on any atom is 0.374 e. The quantitative estimate of drug-likeness (QED) is 0.152. The second-order valence-electron chi connectivity index (χ2n) is 18.8. The number of pyridine rings is 1. The average molecular weight is 870 g/mol. The van der Waals surface area contributed by atoms with Crippen molar-refractivity contribution in [3.8, 4) is 22.4 Å². The molecule has 0 saturated carbocycles. The standard InChI is InChI=1S/C49H60BN7O7/c1-8-41(58)54-26-33(27-54)28-56-42(59)21-30(3)44(56)46(60)52-39-23-32-13-10-14-34(22-32)35-16-17-40-37(24-35)38(45(55(40)9-2)36-15-11-19-51-43(36)31(4)63-7)25-49(5,6)29-64-48(62)50-18-12-20-57(53-50)47(39)61/h8,10-11,13-17,19,22,24,30-31,33,39,44,53H,1,9,12,18,20-21,23,25-29H2,2-7H3,(H,52,60)/t30-,31-,39-,44-/m0/s1. The van der Waals surface area contributed by atoms with Gasteiger partial charge in [-0.25, -0.2) is 0 Å². The summed E-state index contributed by atoms with van der Waals surface area (Å²) in [7, 11) is 1.69. The number of methoxy groups -OCH3 is 1. The van der Waals surface area contributed by atoms with E-state index >= 15 is 0 Å². The smallest absolute Gasteiger partial charge is 0.374 e. The number of carbonyl (C=O) groups excluding carboxylic acids is 5. The van der Waals surface area contributed by atoms with Crippen LogP contribution in [0.15, 0.2) is 73.4 Å². The third-order valence-electron chi connectivity index (χ3n) is 13.5. The van der Waals surface area contributed by atoms with Gasteiger partial charge in [-0.2, -0.15) is 0 Å². The Bertz CT molecular complexity index is 2480. The van der Waals surface area contributed by atoms with Crippen LogP contribution in [0.3, 0.4) is 0 Å². The van der Waals surface area contributed by atoms with Crippen LogP contribution in [0.4, 0.5) is 4.79 Å². The summed E-state index contributed by atoms with van der Waals surface area (Å²) < 4.78 is 14.3. The molecular formula is C49H60BN7O7. The normalized spacial score (nSPS) is 22.2. The largest absolute Gasteiger partial charge is 0.472 e. The Kier molecular flexibility index (Phi) is 12.9. The number of nitrogens with zero attached hydrogens (tertiary/aromatic N) is 5. The number of ether oxygens (including phenoxy) is 2. The van der Waals surface area contributed by atoms with Gasteiger partial charge in [-0.05, 0) is 91.5 Å². The Morgan fingerprint density at radius 1 is 1.09 bits per heavy atom. The van der Waals surface area contributed by atoms with Gasteiger partial charge >= 0.3 is 6.85 Å². The minimum Gasteiger partial charge on any atom is -0.472 e. The van der Waals surface area contributed by atoms with E-state index in [1.165, 1.54) is 11.1 Å². The number of aromatic nitrogens is 2. The van der Waals surface area contributed by atoms with Crippen LogP contribution in [0, 0.1) is 17.3 Å². The van der Waals surface area contributed by atoms with Crippen molar-refractivity contribution in [2.24, 2.45) is 17.3 Å². The number of benzene rings is 2. The number of amides is 4. The lowest BCUT2D eigenvalue weighted by atomic mass is 9.58. The molecule has 0 radical (unpaired) electrons. The van der Waals surface area contributed by atoms with Crippen molar-refractivity contribution in [3.63, 3.8) is 0 Å². The summed E-state index contributed by atoms with van der Waals surface area (Å²) in [6.45, 7) is 15.5. The molecule has 3 fully saturated rings. The molecule has 15 heteroatoms. The summed E-state index contributed by atoms with van der Waals surface area (Å²) in [6.07, 6.45) is 4.83. The van der Waals surface area contributed by atoms with E-state index in [2.05, 4.69) is 79.0 Å². The number of hydrogen-bond acceptors (Lipinski definition) is 9. The van der Waals surface area contributed by atoms with Crippen molar-refractivity contribution in [1.82, 2.24) is 35.0 Å². The molecule has 0 aliphatic carbocycles. The number of nitrogens with one attached hydrogen (secondary N) is 2. The highest BCUT2D eigenvalue weighted by Crippen LogP contribution is 2.42. The van der Waals surface area contributed by atoms with Gasteiger partial charge in [0.1, 0.15) is 12.1 Å². The van der Waals surface area contributed by atoms with Gasteiger partial charge in [0.2, 0.25) is 17.7 Å². The molecule has 2 N–H and O–H groups in total. The second kappa shape index (κ2) is 18.4. The maximum absolute atomic E-state index is 14.7. The first-order chi connectivity index (χ1) is 30.7. The van der Waals surface area contributed by atoms with Crippen LogP contribution in [0.2, 0.25) is 6.32 Å². The highest BCUT2D eigenvalue weighted by atomic mass is 16.5. The van der Waals surface area contributed by atoms with Gasteiger partial charge < -0.3 is 29.2 Å². The highest BCUT2D eigenvalue weighted by molar-refractivity contribution is 6.86. The third kappa shape index (κ3) is 8.84. The van der Waals surface area contributed by atoms with E-state index in [-0.39, 0.29) is 55.1 Å². The fourth-order valence-corrected chi connectivity index (χ4v) is 10.1. The van der Waals surface area contributed by atoms with E-state index in [1.54, 1.807) is 23.1 Å². The molecule has 4 atom stereocenters. The van der Waals surface area contributed by atoms with Crippen molar-refractivity contribution in [3.05, 3.63) is 90.3 Å². The SMILES string of the molecule is C=CC(=O)N1CC(CN2C(=O)C[C@H](C)[C@H]2C(=O)N[C@H]2Cc3cccc(c3)-c3ccc4c(c3)c(c(-c3cccnc3[C@H](C)OC)n4CC)CC(C)(C)COC(=O)B3CCCN(N3)C2=O)C1. The lowest BCUT2D eigenvalue weighted by molar-refractivity contribution is -0.142. The maximum atomic E-state index is 14.7. The highest BCUT2D eigenvalue weighted by Gasteiger charge is 2.46. The summed E-state index contributed by atoms with van der Waals surface area (Å²) in [5.74, 6) is -1.77. The lowest BCUT2D eigenvalue weighted by Gasteiger charge is -2.41. The molecule has 3 saturated heterocycles. The molecule has 64 heavy (non-hydrogen) atoms. The number of carbonyl (C=O) groups is 5. The van der Waals surface area contributed by atoms with Gasteiger partial charge in [-0.1, -0.05) is 57.7 Å². The van der Waals surface area contributed by atoms with Crippen molar-refractivity contribution >= 4 is 47.2 Å². The lowest BCUT2D eigenvalue weighted by Crippen LogP contribution is -2.63. The second-order valence-corrected chi connectivity index (χ2v) is 18.8. The predicted molar refractivity (Wildman–Crippen MR) is 246 cm³/mol. The number of fused-ring (bicyclic) bond motifs is 6. The minimum atomic E-state index is -1.02. The van der Waals surface area contributed by atoms with Gasteiger partial charge in [0.05, 0.1) is 24.1 Å². The zero-order valence-corrected chi connectivity index (χ0v) is 37.9.